The van der Waals surface area contributed by atoms with Crippen LogP contribution in [0, 0.1) is 0 Å². The monoisotopic (exact) mass is 457 g/mol. The number of nitrogens with one attached hydrogen (secondary N) is 1. The van der Waals surface area contributed by atoms with Gasteiger partial charge >= 0.3 is 6.18 Å². The highest BCUT2D eigenvalue weighted by atomic mass is 35.5. The molecule has 0 radical (unpaired) electrons. The molecule has 0 unspecified atom stereocenters. The third-order valence-corrected chi connectivity index (χ3v) is 5.20. The molecular weight excluding hydrogens is 450 g/mol. The van der Waals surface area contributed by atoms with Gasteiger partial charge in [-0.25, -0.2) is 4.98 Å². The van der Waals surface area contributed by atoms with Crippen molar-refractivity contribution in [2.75, 3.05) is 5.32 Å². The maximum atomic E-state index is 13.5. The van der Waals surface area contributed by atoms with E-state index in [-0.39, 0.29) is 22.2 Å². The summed E-state index contributed by atoms with van der Waals surface area (Å²) >= 11 is 13.0. The third-order valence-electron chi connectivity index (χ3n) is 3.76. The molecule has 0 bridgehead atoms. The van der Waals surface area contributed by atoms with Crippen molar-refractivity contribution < 1.29 is 18.0 Å². The number of rotatable bonds is 3. The number of alkyl halides is 3. The standard InChI is InChI=1S/C17H8Cl2F3N5OS/c18-8-3-4-10(9(19)6-8)23-15(28)14-25-16-24-11(12-2-1-5-29-12)7-13(17(20,21)22)27(16)26-14/h1-7H,(H,23,28). The molecule has 0 saturated heterocycles. The van der Waals surface area contributed by atoms with E-state index in [1.165, 1.54) is 29.5 Å². The number of amides is 1. The third kappa shape index (κ3) is 3.91. The van der Waals surface area contributed by atoms with E-state index in [0.29, 0.717) is 14.4 Å². The Labute approximate surface area is 174 Å². The summed E-state index contributed by atoms with van der Waals surface area (Å²) in [5, 5.41) is 8.36. The predicted molar refractivity (Wildman–Crippen MR) is 104 cm³/mol. The molecule has 1 amide bonds. The Hall–Kier alpha value is -2.69. The van der Waals surface area contributed by atoms with Crippen LogP contribution in [0.3, 0.4) is 0 Å². The molecular formula is C17H8Cl2F3N5OS. The number of carbonyl (C=O) groups is 1. The lowest BCUT2D eigenvalue weighted by atomic mass is 10.3. The number of halogens is 5. The van der Waals surface area contributed by atoms with Crippen molar-refractivity contribution in [2.24, 2.45) is 0 Å². The van der Waals surface area contributed by atoms with E-state index in [9.17, 15) is 18.0 Å². The van der Waals surface area contributed by atoms with Crippen molar-refractivity contribution in [2.45, 2.75) is 6.18 Å². The fourth-order valence-corrected chi connectivity index (χ4v) is 3.63. The summed E-state index contributed by atoms with van der Waals surface area (Å²) in [5.41, 5.74) is -0.801. The van der Waals surface area contributed by atoms with Crippen LogP contribution in [0.15, 0.2) is 41.8 Å². The summed E-state index contributed by atoms with van der Waals surface area (Å²) in [6.07, 6.45) is -4.73. The molecule has 0 aliphatic rings. The summed E-state index contributed by atoms with van der Waals surface area (Å²) in [5.74, 6) is -1.68. The van der Waals surface area contributed by atoms with Crippen LogP contribution in [0.1, 0.15) is 16.3 Å². The number of carbonyl (C=O) groups excluding carboxylic acids is 1. The first-order valence-corrected chi connectivity index (χ1v) is 9.51. The summed E-state index contributed by atoms with van der Waals surface area (Å²) in [6, 6.07) is 8.55. The quantitative estimate of drug-likeness (QED) is 0.445. The first-order chi connectivity index (χ1) is 13.7. The second-order valence-electron chi connectivity index (χ2n) is 5.73. The molecule has 0 aliphatic heterocycles. The number of aromatic nitrogens is 4. The topological polar surface area (TPSA) is 72.2 Å². The van der Waals surface area contributed by atoms with Gasteiger partial charge in [-0.05, 0) is 35.7 Å². The SMILES string of the molecule is O=C(Nc1ccc(Cl)cc1Cl)c1nc2nc(-c3cccs3)cc(C(F)(F)F)n2n1. The minimum atomic E-state index is -4.73. The number of anilines is 1. The van der Waals surface area contributed by atoms with E-state index in [2.05, 4.69) is 20.4 Å². The smallest absolute Gasteiger partial charge is 0.318 e. The van der Waals surface area contributed by atoms with Crippen molar-refractivity contribution in [1.29, 1.82) is 0 Å². The molecule has 0 saturated carbocycles. The maximum Gasteiger partial charge on any atom is 0.433 e. The fraction of sp³-hybridized carbons (Fsp3) is 0.0588. The van der Waals surface area contributed by atoms with Gasteiger partial charge in [0.25, 0.3) is 11.7 Å². The summed E-state index contributed by atoms with van der Waals surface area (Å²) < 4.78 is 41.1. The van der Waals surface area contributed by atoms with Gasteiger partial charge in [-0.15, -0.1) is 16.4 Å². The largest absolute Gasteiger partial charge is 0.433 e. The molecule has 4 rings (SSSR count). The van der Waals surface area contributed by atoms with Gasteiger partial charge in [0.15, 0.2) is 5.69 Å². The molecule has 0 aliphatic carbocycles. The van der Waals surface area contributed by atoms with Crippen LogP contribution in [0.4, 0.5) is 18.9 Å². The van der Waals surface area contributed by atoms with Crippen LogP contribution in [-0.4, -0.2) is 25.5 Å². The Morgan fingerprint density at radius 3 is 2.59 bits per heavy atom. The lowest BCUT2D eigenvalue weighted by Crippen LogP contribution is -2.16. The average molecular weight is 458 g/mol. The summed E-state index contributed by atoms with van der Waals surface area (Å²) in [6.45, 7) is 0. The molecule has 4 aromatic rings. The summed E-state index contributed by atoms with van der Waals surface area (Å²) in [7, 11) is 0. The number of fused-ring (bicyclic) bond motifs is 1. The van der Waals surface area contributed by atoms with Crippen LogP contribution in [0.25, 0.3) is 16.3 Å². The van der Waals surface area contributed by atoms with E-state index in [1.807, 2.05) is 0 Å². The van der Waals surface area contributed by atoms with Crippen LogP contribution in [-0.2, 0) is 6.18 Å². The zero-order chi connectivity index (χ0) is 20.8. The second kappa shape index (κ2) is 7.29. The normalized spacial score (nSPS) is 11.8. The first-order valence-electron chi connectivity index (χ1n) is 7.87. The minimum Gasteiger partial charge on any atom is -0.318 e. The molecule has 0 spiro atoms. The van der Waals surface area contributed by atoms with Crippen LogP contribution in [0.5, 0.6) is 0 Å². The Balaban J connectivity index is 1.77. The number of nitrogens with zero attached hydrogens (tertiary/aromatic N) is 4. The Morgan fingerprint density at radius 2 is 1.93 bits per heavy atom. The van der Waals surface area contributed by atoms with E-state index in [4.69, 9.17) is 23.2 Å². The Bertz CT molecular complexity index is 1220. The number of benzene rings is 1. The molecule has 148 valence electrons. The molecule has 0 atom stereocenters. The second-order valence-corrected chi connectivity index (χ2v) is 7.52. The number of hydrogen-bond donors (Lipinski definition) is 1. The van der Waals surface area contributed by atoms with Gasteiger partial charge in [0.1, 0.15) is 0 Å². The van der Waals surface area contributed by atoms with E-state index in [1.54, 1.807) is 17.5 Å². The van der Waals surface area contributed by atoms with Crippen LogP contribution >= 0.6 is 34.5 Å². The van der Waals surface area contributed by atoms with Gasteiger partial charge in [0, 0.05) is 5.02 Å². The van der Waals surface area contributed by atoms with Crippen LogP contribution < -0.4 is 5.32 Å². The number of hydrogen-bond acceptors (Lipinski definition) is 5. The van der Waals surface area contributed by atoms with Crippen molar-refractivity contribution in [3.8, 4) is 10.6 Å². The highest BCUT2D eigenvalue weighted by molar-refractivity contribution is 7.13. The lowest BCUT2D eigenvalue weighted by molar-refractivity contribution is -0.142. The van der Waals surface area contributed by atoms with Gasteiger partial charge in [-0.2, -0.15) is 22.7 Å². The van der Waals surface area contributed by atoms with Crippen LogP contribution in [0.2, 0.25) is 10.0 Å². The van der Waals surface area contributed by atoms with Crippen molar-refractivity contribution in [3.63, 3.8) is 0 Å². The van der Waals surface area contributed by atoms with Gasteiger partial charge in [0.05, 0.1) is 21.3 Å². The van der Waals surface area contributed by atoms with E-state index < -0.39 is 23.6 Å². The molecule has 1 aromatic carbocycles. The van der Waals surface area contributed by atoms with E-state index in [0.717, 1.165) is 6.07 Å². The molecule has 12 heteroatoms. The Morgan fingerprint density at radius 1 is 1.14 bits per heavy atom. The summed E-state index contributed by atoms with van der Waals surface area (Å²) in [4.78, 5) is 20.9. The van der Waals surface area contributed by atoms with E-state index >= 15 is 0 Å². The average Bonchev–Trinajstić information content (AvgIpc) is 3.31. The zero-order valence-electron chi connectivity index (χ0n) is 14.0. The molecule has 0 fully saturated rings. The van der Waals surface area contributed by atoms with Crippen molar-refractivity contribution in [3.05, 3.63) is 63.3 Å². The molecule has 3 aromatic heterocycles. The van der Waals surface area contributed by atoms with Gasteiger partial charge < -0.3 is 5.32 Å². The van der Waals surface area contributed by atoms with Crippen molar-refractivity contribution >= 4 is 51.9 Å². The molecule has 6 nitrogen and oxygen atoms in total. The predicted octanol–water partition coefficient (Wildman–Crippen LogP) is 5.43. The highest BCUT2D eigenvalue weighted by Gasteiger charge is 2.36. The van der Waals surface area contributed by atoms with Crippen molar-refractivity contribution in [1.82, 2.24) is 19.6 Å². The van der Waals surface area contributed by atoms with Gasteiger partial charge in [-0.3, -0.25) is 4.79 Å². The fourth-order valence-electron chi connectivity index (χ4n) is 2.49. The van der Waals surface area contributed by atoms with Gasteiger partial charge in [-0.1, -0.05) is 29.3 Å². The zero-order valence-corrected chi connectivity index (χ0v) is 16.4. The maximum absolute atomic E-state index is 13.5. The molecule has 29 heavy (non-hydrogen) atoms. The first kappa shape index (κ1) is 19.6. The molecule has 3 heterocycles. The number of thiophene rings is 1. The Kier molecular flexibility index (Phi) is 4.93. The lowest BCUT2D eigenvalue weighted by Gasteiger charge is -2.09. The minimum absolute atomic E-state index is 0.0833. The molecule has 1 N–H and O–H groups in total. The van der Waals surface area contributed by atoms with Gasteiger partial charge in [0.2, 0.25) is 5.82 Å². The highest BCUT2D eigenvalue weighted by Crippen LogP contribution is 2.33.